The molecule has 2 heterocycles. The first-order valence-corrected chi connectivity index (χ1v) is 21.4. The van der Waals surface area contributed by atoms with Gasteiger partial charge in [0.2, 0.25) is 0 Å². The summed E-state index contributed by atoms with van der Waals surface area (Å²) in [5, 5.41) is 8.63. The predicted octanol–water partition coefficient (Wildman–Crippen LogP) is 16.4. The molecule has 0 spiro atoms. The third-order valence-electron chi connectivity index (χ3n) is 12.3. The maximum Gasteiger partial charge on any atom is 0.160 e. The highest BCUT2D eigenvalue weighted by molar-refractivity contribution is 6.27. The minimum absolute atomic E-state index is 0.689. The number of para-hydroxylation sites is 1. The highest BCUT2D eigenvalue weighted by Crippen LogP contribution is 2.46. The van der Waals surface area contributed by atoms with Gasteiger partial charge in [0.1, 0.15) is 11.3 Å². The minimum Gasteiger partial charge on any atom is -0.456 e. The normalized spacial score (nSPS) is 11.5. The smallest absolute Gasteiger partial charge is 0.160 e. The molecular weight excluding hydrogens is 765 g/mol. The first kappa shape index (κ1) is 36.5. The molecule has 0 fully saturated rings. The predicted molar refractivity (Wildman–Crippen MR) is 262 cm³/mol. The summed E-state index contributed by atoms with van der Waals surface area (Å²) in [4.78, 5) is 10.2. The molecule has 63 heavy (non-hydrogen) atoms. The van der Waals surface area contributed by atoms with Crippen LogP contribution in [0, 0.1) is 0 Å². The van der Waals surface area contributed by atoms with Crippen LogP contribution in [0.4, 0.5) is 0 Å². The maximum atomic E-state index is 6.16. The molecule has 2 aromatic heterocycles. The van der Waals surface area contributed by atoms with E-state index in [1.165, 1.54) is 54.6 Å². The standard InChI is InChI=1S/C60H38N2O/c1-3-14-45(15-4-1)57-50-20-10-11-21-51(50)58(59-49-19-9-7-13-41(49)35-36-52(57)59)46-33-25-40(26-34-46)39-23-27-42(28-24-39)53-38-54(62-60(61-53)47-16-5-2-6-17-47)43-29-31-44(32-30-43)56-37-48-18-8-12-22-55(48)63-56/h1-38H. The van der Waals surface area contributed by atoms with Gasteiger partial charge in [-0.05, 0) is 83.9 Å². The van der Waals surface area contributed by atoms with Gasteiger partial charge >= 0.3 is 0 Å². The molecule has 0 bridgehead atoms. The quantitative estimate of drug-likeness (QED) is 0.119. The lowest BCUT2D eigenvalue weighted by Crippen LogP contribution is -1.96. The van der Waals surface area contributed by atoms with Crippen LogP contribution in [0.3, 0.4) is 0 Å². The number of rotatable bonds is 7. The molecule has 0 amide bonds. The molecule has 294 valence electrons. The third-order valence-corrected chi connectivity index (χ3v) is 12.3. The Morgan fingerprint density at radius 2 is 0.762 bits per heavy atom. The third kappa shape index (κ3) is 6.55. The average molecular weight is 803 g/mol. The second kappa shape index (κ2) is 15.3. The number of hydrogen-bond donors (Lipinski definition) is 0. The molecule has 0 aliphatic rings. The summed E-state index contributed by atoms with van der Waals surface area (Å²) >= 11 is 0. The number of aromatic nitrogens is 2. The molecule has 0 saturated heterocycles. The van der Waals surface area contributed by atoms with Gasteiger partial charge < -0.3 is 4.42 Å². The molecule has 0 unspecified atom stereocenters. The topological polar surface area (TPSA) is 38.9 Å². The SMILES string of the molecule is c1ccc(-c2nc(-c3ccc(-c4ccc(-c5c6ccccc6c(-c6ccccc6)c6ccc7ccccc7c56)cc4)cc3)cc(-c3ccc(-c4cc5ccccc5o4)cc3)n2)cc1. The zero-order chi connectivity index (χ0) is 41.7. The van der Waals surface area contributed by atoms with Crippen molar-refractivity contribution in [2.75, 3.05) is 0 Å². The van der Waals surface area contributed by atoms with E-state index in [1.54, 1.807) is 0 Å². The molecule has 12 aromatic rings. The summed E-state index contributed by atoms with van der Waals surface area (Å²) in [6, 6.07) is 81.8. The van der Waals surface area contributed by atoms with E-state index in [4.69, 9.17) is 14.4 Å². The Hall–Kier alpha value is -8.40. The van der Waals surface area contributed by atoms with Crippen LogP contribution in [0.15, 0.2) is 235 Å². The van der Waals surface area contributed by atoms with Gasteiger partial charge in [0.25, 0.3) is 0 Å². The molecule has 0 saturated carbocycles. The summed E-state index contributed by atoms with van der Waals surface area (Å²) in [7, 11) is 0. The van der Waals surface area contributed by atoms with Crippen LogP contribution in [0.1, 0.15) is 0 Å². The number of nitrogens with zero attached hydrogens (tertiary/aromatic N) is 2. The number of fused-ring (bicyclic) bond motifs is 5. The highest BCUT2D eigenvalue weighted by Gasteiger charge is 2.19. The van der Waals surface area contributed by atoms with E-state index in [-0.39, 0.29) is 0 Å². The summed E-state index contributed by atoms with van der Waals surface area (Å²) < 4.78 is 6.16. The number of hydrogen-bond acceptors (Lipinski definition) is 3. The van der Waals surface area contributed by atoms with Crippen molar-refractivity contribution in [3.63, 3.8) is 0 Å². The van der Waals surface area contributed by atoms with E-state index >= 15 is 0 Å². The van der Waals surface area contributed by atoms with E-state index in [2.05, 4.69) is 194 Å². The van der Waals surface area contributed by atoms with Gasteiger partial charge in [-0.1, -0.05) is 212 Å². The van der Waals surface area contributed by atoms with Crippen molar-refractivity contribution < 1.29 is 4.42 Å². The van der Waals surface area contributed by atoms with E-state index in [0.29, 0.717) is 5.82 Å². The number of furan rings is 1. The summed E-state index contributed by atoms with van der Waals surface area (Å²) in [5.74, 6) is 1.53. The van der Waals surface area contributed by atoms with Crippen molar-refractivity contribution in [3.8, 4) is 78.6 Å². The Morgan fingerprint density at radius 3 is 1.40 bits per heavy atom. The van der Waals surface area contributed by atoms with E-state index in [9.17, 15) is 0 Å². The Morgan fingerprint density at radius 1 is 0.286 bits per heavy atom. The van der Waals surface area contributed by atoms with Crippen LogP contribution in [0.2, 0.25) is 0 Å². The fourth-order valence-corrected chi connectivity index (χ4v) is 9.22. The van der Waals surface area contributed by atoms with Crippen molar-refractivity contribution in [2.24, 2.45) is 0 Å². The zero-order valence-corrected chi connectivity index (χ0v) is 34.2. The second-order valence-corrected chi connectivity index (χ2v) is 16.1. The van der Waals surface area contributed by atoms with Gasteiger partial charge in [0.15, 0.2) is 5.82 Å². The largest absolute Gasteiger partial charge is 0.456 e. The Bertz CT molecular complexity index is 3600. The Balaban J connectivity index is 0.911. The van der Waals surface area contributed by atoms with Crippen LogP contribution in [-0.2, 0) is 0 Å². The molecule has 0 aliphatic carbocycles. The van der Waals surface area contributed by atoms with Gasteiger partial charge in [-0.2, -0.15) is 0 Å². The lowest BCUT2D eigenvalue weighted by atomic mass is 9.84. The Labute approximate surface area is 365 Å². The number of benzene rings is 10. The molecule has 10 aromatic carbocycles. The fourth-order valence-electron chi connectivity index (χ4n) is 9.22. The summed E-state index contributed by atoms with van der Waals surface area (Å²) in [6.45, 7) is 0. The molecule has 0 radical (unpaired) electrons. The summed E-state index contributed by atoms with van der Waals surface area (Å²) in [5.41, 5.74) is 13.9. The molecule has 0 N–H and O–H groups in total. The lowest BCUT2D eigenvalue weighted by Gasteiger charge is -2.19. The molecule has 12 rings (SSSR count). The van der Waals surface area contributed by atoms with Crippen molar-refractivity contribution >= 4 is 43.3 Å². The van der Waals surface area contributed by atoms with Crippen LogP contribution in [0.5, 0.6) is 0 Å². The molecule has 0 aliphatic heterocycles. The van der Waals surface area contributed by atoms with Crippen molar-refractivity contribution in [2.45, 2.75) is 0 Å². The Kier molecular flexibility index (Phi) is 8.83. The van der Waals surface area contributed by atoms with Crippen LogP contribution >= 0.6 is 0 Å². The second-order valence-electron chi connectivity index (χ2n) is 16.1. The highest BCUT2D eigenvalue weighted by atomic mass is 16.3. The van der Waals surface area contributed by atoms with Crippen LogP contribution in [0.25, 0.3) is 122 Å². The summed E-state index contributed by atoms with van der Waals surface area (Å²) in [6.07, 6.45) is 0. The van der Waals surface area contributed by atoms with E-state index in [0.717, 1.165) is 61.5 Å². The van der Waals surface area contributed by atoms with Crippen molar-refractivity contribution in [3.05, 3.63) is 231 Å². The first-order chi connectivity index (χ1) is 31.2. The van der Waals surface area contributed by atoms with Crippen molar-refractivity contribution in [1.82, 2.24) is 9.97 Å². The molecule has 0 atom stereocenters. The van der Waals surface area contributed by atoms with E-state index < -0.39 is 0 Å². The maximum absolute atomic E-state index is 6.16. The molecular formula is C60H38N2O. The van der Waals surface area contributed by atoms with Gasteiger partial charge in [0, 0.05) is 27.6 Å². The lowest BCUT2D eigenvalue weighted by molar-refractivity contribution is 0.631. The van der Waals surface area contributed by atoms with Gasteiger partial charge in [-0.25, -0.2) is 9.97 Å². The first-order valence-electron chi connectivity index (χ1n) is 21.4. The van der Waals surface area contributed by atoms with E-state index in [1.807, 2.05) is 36.4 Å². The monoisotopic (exact) mass is 802 g/mol. The zero-order valence-electron chi connectivity index (χ0n) is 34.2. The van der Waals surface area contributed by atoms with Crippen LogP contribution < -0.4 is 0 Å². The van der Waals surface area contributed by atoms with Gasteiger partial charge in [0.05, 0.1) is 11.4 Å². The minimum atomic E-state index is 0.689. The van der Waals surface area contributed by atoms with Crippen molar-refractivity contribution in [1.29, 1.82) is 0 Å². The molecule has 3 nitrogen and oxygen atoms in total. The fraction of sp³-hybridized carbons (Fsp3) is 0. The van der Waals surface area contributed by atoms with Gasteiger partial charge in [-0.3, -0.25) is 0 Å². The average Bonchev–Trinajstić information content (AvgIpc) is 3.81. The van der Waals surface area contributed by atoms with Gasteiger partial charge in [-0.15, -0.1) is 0 Å². The molecule has 3 heteroatoms. The van der Waals surface area contributed by atoms with Crippen LogP contribution in [-0.4, -0.2) is 9.97 Å².